The van der Waals surface area contributed by atoms with Crippen LogP contribution in [0.15, 0.2) is 60.5 Å². The van der Waals surface area contributed by atoms with E-state index in [4.69, 9.17) is 26.7 Å². The Balaban J connectivity index is 0.844. The molecule has 0 aliphatic carbocycles. The molecule has 1 unspecified atom stereocenters. The van der Waals surface area contributed by atoms with E-state index in [0.29, 0.717) is 27.6 Å². The summed E-state index contributed by atoms with van der Waals surface area (Å²) in [6.07, 6.45) is 4.37. The highest BCUT2D eigenvalue weighted by Crippen LogP contribution is 2.37. The van der Waals surface area contributed by atoms with Gasteiger partial charge in [-0.1, -0.05) is 38.1 Å². The highest BCUT2D eigenvalue weighted by Gasteiger charge is 2.41. The number of nitrogens with two attached hydrogens (primary N) is 3. The molecule has 18 nitrogen and oxygen atoms in total. The van der Waals surface area contributed by atoms with Crippen LogP contribution in [0.5, 0.6) is 0 Å². The quantitative estimate of drug-likeness (QED) is 0.0343. The number of primary amides is 1. The summed E-state index contributed by atoms with van der Waals surface area (Å²) in [5, 5.41) is 19.8. The van der Waals surface area contributed by atoms with Gasteiger partial charge in [-0.3, -0.25) is 29.0 Å². The molecule has 10 N–H and O–H groups in total. The monoisotopic (exact) mass is 968 g/mol. The van der Waals surface area contributed by atoms with Gasteiger partial charge in [-0.25, -0.2) is 14.4 Å². The Bertz CT molecular complexity index is 2650. The molecule has 3 aromatic heterocycles. The zero-order valence-electron chi connectivity index (χ0n) is 39.3. The fourth-order valence-corrected chi connectivity index (χ4v) is 9.09. The fraction of sp³-hybridized carbons (Fsp3) is 0.429. The standard InChI is InChI=1S/C49H61FN10O8S/c1-28-36(22-54-24-38(28)51)35-16-32-17-40(56-23-37(32)45(52)44(35)50)59-42(63)7-5-6-41(62)55-12-13-67-14-15-68-26-33(47(53)65)19-49(3,4)20-43(64)60-25-34(61)18-39(60)48(66)57-21-30-8-10-31(11-9-30)46-29(2)58-27-69-46/h8-11,16-17,22-24,27,33-34,39,61H,5-7,12-15,18-21,25-26,51-52H2,1-4H3,(H2,53,65)(H,55,62)(H,57,66)(H,56,59,63)/t33?,34-,39+/m1/s1. The molecular weight excluding hydrogens is 908 g/mol. The van der Waals surface area contributed by atoms with Crippen molar-refractivity contribution >= 4 is 68.8 Å². The number of hydrogen-bond donors (Lipinski definition) is 7. The van der Waals surface area contributed by atoms with Crippen LogP contribution < -0.4 is 33.2 Å². The minimum atomic E-state index is -0.842. The van der Waals surface area contributed by atoms with Gasteiger partial charge in [-0.2, -0.15) is 0 Å². The Morgan fingerprint density at radius 1 is 0.957 bits per heavy atom. The van der Waals surface area contributed by atoms with Gasteiger partial charge < -0.3 is 52.6 Å². The number of ether oxygens (including phenoxy) is 2. The van der Waals surface area contributed by atoms with Gasteiger partial charge in [0.1, 0.15) is 11.9 Å². The topological polar surface area (TPSA) is 280 Å². The first kappa shape index (κ1) is 51.8. The van der Waals surface area contributed by atoms with Gasteiger partial charge in [0.05, 0.1) is 72.1 Å². The summed E-state index contributed by atoms with van der Waals surface area (Å²) in [7, 11) is 0. The average Bonchev–Trinajstić information content (AvgIpc) is 3.93. The van der Waals surface area contributed by atoms with Crippen LogP contribution in [-0.4, -0.2) is 106 Å². The number of β-amino-alcohol motifs (C(OH)–C–C–N with tert-alkyl or cyclic N) is 1. The van der Waals surface area contributed by atoms with Crippen molar-refractivity contribution in [1.82, 2.24) is 30.5 Å². The van der Waals surface area contributed by atoms with Crippen LogP contribution in [0.25, 0.3) is 32.3 Å². The second-order valence-corrected chi connectivity index (χ2v) is 18.9. The average molecular weight is 969 g/mol. The first-order chi connectivity index (χ1) is 32.9. The lowest BCUT2D eigenvalue weighted by atomic mass is 9.79. The number of thiazole rings is 1. The van der Waals surface area contributed by atoms with Crippen molar-refractivity contribution in [2.24, 2.45) is 17.1 Å². The van der Waals surface area contributed by atoms with Gasteiger partial charge in [0.15, 0.2) is 5.82 Å². The zero-order chi connectivity index (χ0) is 49.8. The van der Waals surface area contributed by atoms with Gasteiger partial charge in [0.25, 0.3) is 0 Å². The van der Waals surface area contributed by atoms with Crippen molar-refractivity contribution in [3.63, 3.8) is 0 Å². The molecule has 5 amide bonds. The summed E-state index contributed by atoms with van der Waals surface area (Å²) in [6.45, 7) is 8.47. The molecule has 1 fully saturated rings. The third-order valence-corrected chi connectivity index (χ3v) is 13.0. The van der Waals surface area contributed by atoms with E-state index < -0.39 is 35.2 Å². The maximum absolute atomic E-state index is 15.3. The number of aliphatic hydroxyl groups excluding tert-OH is 1. The van der Waals surface area contributed by atoms with E-state index >= 15 is 4.39 Å². The van der Waals surface area contributed by atoms with Crippen molar-refractivity contribution in [3.8, 4) is 21.6 Å². The molecule has 0 radical (unpaired) electrons. The second-order valence-electron chi connectivity index (χ2n) is 18.1. The van der Waals surface area contributed by atoms with Gasteiger partial charge in [0.2, 0.25) is 29.5 Å². The van der Waals surface area contributed by atoms with Crippen molar-refractivity contribution < 1.29 is 42.9 Å². The van der Waals surface area contributed by atoms with Crippen molar-refractivity contribution in [3.05, 3.63) is 83.1 Å². The molecule has 0 bridgehead atoms. The number of aryl methyl sites for hydroxylation is 1. The molecule has 0 spiro atoms. The van der Waals surface area contributed by atoms with E-state index in [2.05, 4.69) is 30.9 Å². The third-order valence-electron chi connectivity index (χ3n) is 12.0. The predicted molar refractivity (Wildman–Crippen MR) is 262 cm³/mol. The number of carbonyl (C=O) groups excluding carboxylic acids is 5. The Kier molecular flexibility index (Phi) is 17.7. The summed E-state index contributed by atoms with van der Waals surface area (Å²) in [4.78, 5) is 79.5. The lowest BCUT2D eigenvalue weighted by Crippen LogP contribution is -2.47. The number of carbonyl (C=O) groups is 5. The summed E-state index contributed by atoms with van der Waals surface area (Å²) in [5.74, 6) is -2.92. The first-order valence-electron chi connectivity index (χ1n) is 22.7. The van der Waals surface area contributed by atoms with E-state index in [1.54, 1.807) is 35.9 Å². The molecule has 1 saturated heterocycles. The maximum atomic E-state index is 15.3. The molecule has 20 heteroatoms. The van der Waals surface area contributed by atoms with Crippen LogP contribution in [0.4, 0.5) is 21.6 Å². The van der Waals surface area contributed by atoms with Crippen LogP contribution in [-0.2, 0) is 40.0 Å². The molecule has 0 saturated carbocycles. The van der Waals surface area contributed by atoms with Crippen molar-refractivity contribution in [1.29, 1.82) is 0 Å². The Labute approximate surface area is 403 Å². The molecule has 3 atom stereocenters. The summed E-state index contributed by atoms with van der Waals surface area (Å²) in [6, 6.07) is 10.2. The lowest BCUT2D eigenvalue weighted by Gasteiger charge is -2.31. The number of likely N-dealkylation sites (tertiary alicyclic amines) is 1. The highest BCUT2D eigenvalue weighted by atomic mass is 32.1. The van der Waals surface area contributed by atoms with Crippen LogP contribution in [0.3, 0.4) is 0 Å². The predicted octanol–water partition coefficient (Wildman–Crippen LogP) is 4.78. The van der Waals surface area contributed by atoms with Crippen molar-refractivity contribution in [2.75, 3.05) is 56.3 Å². The molecule has 5 aromatic rings. The molecular formula is C49H61FN10O8S. The summed E-state index contributed by atoms with van der Waals surface area (Å²) >= 11 is 1.56. The Hall–Kier alpha value is -6.61. The first-order valence-corrected chi connectivity index (χ1v) is 23.6. The van der Waals surface area contributed by atoms with Gasteiger partial charge >= 0.3 is 0 Å². The van der Waals surface area contributed by atoms with Gasteiger partial charge in [0, 0.05) is 74.2 Å². The third kappa shape index (κ3) is 14.0. The van der Waals surface area contributed by atoms with E-state index in [-0.39, 0.29) is 125 Å². The highest BCUT2D eigenvalue weighted by molar-refractivity contribution is 7.13. The lowest BCUT2D eigenvalue weighted by molar-refractivity contribution is -0.140. The number of rotatable bonds is 23. The van der Waals surface area contributed by atoms with Crippen LogP contribution >= 0.6 is 11.3 Å². The normalized spacial score (nSPS) is 15.2. The number of nitrogens with one attached hydrogen (secondary N) is 3. The van der Waals surface area contributed by atoms with E-state index in [1.165, 1.54) is 23.5 Å². The van der Waals surface area contributed by atoms with Gasteiger partial charge in [-0.15, -0.1) is 11.3 Å². The number of anilines is 3. The number of aliphatic hydroxyl groups is 1. The Morgan fingerprint density at radius 2 is 1.70 bits per heavy atom. The number of nitrogens with zero attached hydrogens (tertiary/aromatic N) is 4. The number of halogens is 1. The number of hydrogen-bond acceptors (Lipinski definition) is 14. The van der Waals surface area contributed by atoms with Crippen LogP contribution in [0.2, 0.25) is 0 Å². The van der Waals surface area contributed by atoms with Crippen LogP contribution in [0.1, 0.15) is 69.2 Å². The molecule has 69 heavy (non-hydrogen) atoms. The fourth-order valence-electron chi connectivity index (χ4n) is 8.28. The van der Waals surface area contributed by atoms with Crippen LogP contribution in [0, 0.1) is 31.0 Å². The minimum absolute atomic E-state index is 0.00713. The molecule has 2 aromatic carbocycles. The summed E-state index contributed by atoms with van der Waals surface area (Å²) < 4.78 is 26.6. The largest absolute Gasteiger partial charge is 0.397 e. The molecule has 1 aliphatic rings. The number of nitrogen functional groups attached to an aromatic ring is 2. The molecule has 1 aliphatic heterocycles. The van der Waals surface area contributed by atoms with E-state index in [9.17, 15) is 29.1 Å². The molecule has 6 rings (SSSR count). The van der Waals surface area contributed by atoms with E-state index in [1.807, 2.05) is 45.0 Å². The SMILES string of the molecule is Cc1ncsc1-c1ccc(CNC(=O)[C@@H]2C[C@@H](O)CN2C(=O)CC(C)(C)CC(COCCOCCNC(=O)CCCC(=O)Nc2cc3cc(-c4cncc(N)c4C)c(F)c(N)c3cn2)C(N)=O)cc1. The number of benzene rings is 2. The van der Waals surface area contributed by atoms with Gasteiger partial charge in [-0.05, 0) is 66.3 Å². The smallest absolute Gasteiger partial charge is 0.243 e. The second kappa shape index (κ2) is 23.6. The number of pyridine rings is 2. The summed E-state index contributed by atoms with van der Waals surface area (Å²) in [5.41, 5.74) is 23.5. The molecule has 4 heterocycles. The van der Waals surface area contributed by atoms with Crippen molar-refractivity contribution in [2.45, 2.75) is 84.9 Å². The maximum Gasteiger partial charge on any atom is 0.243 e. The zero-order valence-corrected chi connectivity index (χ0v) is 40.1. The number of fused-ring (bicyclic) bond motifs is 1. The van der Waals surface area contributed by atoms with E-state index in [0.717, 1.165) is 21.7 Å². The minimum Gasteiger partial charge on any atom is -0.397 e. The number of amides is 5. The molecule has 368 valence electrons. The number of aromatic nitrogens is 3. The Morgan fingerprint density at radius 3 is 2.42 bits per heavy atom.